The third-order valence-electron chi connectivity index (χ3n) is 13.4. The number of carboxylic acids is 1. The number of esters is 2. The van der Waals surface area contributed by atoms with Crippen LogP contribution < -0.4 is 0 Å². The zero-order valence-electron chi connectivity index (χ0n) is 45.3. The number of nitrogens with zero attached hydrogens (tertiary/aromatic N) is 1. The molecule has 0 saturated carbocycles. The first-order chi connectivity index (χ1) is 32.6. The minimum atomic E-state index is -1.50. The van der Waals surface area contributed by atoms with Gasteiger partial charge in [-0.1, -0.05) is 271 Å². The summed E-state index contributed by atoms with van der Waals surface area (Å²) in [6.07, 6.45) is 53.9. The Hall–Kier alpha value is -1.71. The number of ether oxygens (including phenoxy) is 4. The van der Waals surface area contributed by atoms with Gasteiger partial charge in [0.1, 0.15) is 13.2 Å². The molecule has 9 heteroatoms. The number of likely N-dealkylation sites (N-methyl/N-ethyl adjacent to an activating group) is 1. The molecular formula is C58H114NO8+. The first-order valence-corrected chi connectivity index (χ1v) is 29.2. The molecule has 0 aromatic carbocycles. The van der Waals surface area contributed by atoms with Crippen LogP contribution in [0.2, 0.25) is 0 Å². The zero-order valence-corrected chi connectivity index (χ0v) is 45.3. The van der Waals surface area contributed by atoms with Gasteiger partial charge in [0.05, 0.1) is 34.4 Å². The van der Waals surface area contributed by atoms with Crippen LogP contribution in [-0.4, -0.2) is 87.4 Å². The molecule has 0 aromatic rings. The van der Waals surface area contributed by atoms with Crippen molar-refractivity contribution in [1.82, 2.24) is 0 Å². The van der Waals surface area contributed by atoms with Gasteiger partial charge in [-0.15, -0.1) is 0 Å². The van der Waals surface area contributed by atoms with Crippen molar-refractivity contribution in [2.24, 2.45) is 0 Å². The van der Waals surface area contributed by atoms with Crippen LogP contribution in [0.1, 0.15) is 296 Å². The minimum Gasteiger partial charge on any atom is -0.477 e. The molecule has 0 heterocycles. The maximum absolute atomic E-state index is 12.8. The number of unbranched alkanes of at least 4 members (excludes halogenated alkanes) is 40. The third kappa shape index (κ3) is 52.0. The summed E-state index contributed by atoms with van der Waals surface area (Å²) in [6, 6.07) is 0. The first-order valence-electron chi connectivity index (χ1n) is 29.2. The summed E-state index contributed by atoms with van der Waals surface area (Å²) in [5.41, 5.74) is 0. The van der Waals surface area contributed by atoms with Crippen molar-refractivity contribution in [3.8, 4) is 0 Å². The van der Waals surface area contributed by atoms with E-state index in [-0.39, 0.29) is 38.2 Å². The molecule has 0 fully saturated rings. The molecular weight excluding hydrogens is 839 g/mol. The topological polar surface area (TPSA) is 108 Å². The van der Waals surface area contributed by atoms with E-state index in [0.717, 1.165) is 38.5 Å². The fourth-order valence-electron chi connectivity index (χ4n) is 8.84. The lowest BCUT2D eigenvalue weighted by molar-refractivity contribution is -0.870. The van der Waals surface area contributed by atoms with Crippen molar-refractivity contribution < 1.29 is 42.9 Å². The average molecular weight is 954 g/mol. The van der Waals surface area contributed by atoms with Gasteiger partial charge < -0.3 is 28.5 Å². The predicted molar refractivity (Wildman–Crippen MR) is 282 cm³/mol. The fourth-order valence-corrected chi connectivity index (χ4v) is 8.84. The molecule has 0 spiro atoms. The Labute approximate surface area is 415 Å². The molecule has 0 radical (unpaired) electrons. The van der Waals surface area contributed by atoms with Gasteiger partial charge in [-0.3, -0.25) is 9.59 Å². The first kappa shape index (κ1) is 65.3. The lowest BCUT2D eigenvalue weighted by Gasteiger charge is -2.25. The SMILES string of the molecule is CCCCCCCCCCCCCCCCCCCCCCCCCCCCCCCCCCCCCC(=O)OC(COC(=O)CCCCCCCCC)COC(OCC[N+](C)(C)C)C(=O)O. The number of carbonyl (C=O) groups is 3. The van der Waals surface area contributed by atoms with Crippen molar-refractivity contribution in [1.29, 1.82) is 0 Å². The van der Waals surface area contributed by atoms with E-state index in [9.17, 15) is 19.5 Å². The summed E-state index contributed by atoms with van der Waals surface area (Å²) < 4.78 is 22.7. The number of quaternary nitrogens is 1. The van der Waals surface area contributed by atoms with Gasteiger partial charge in [0, 0.05) is 12.8 Å². The van der Waals surface area contributed by atoms with Crippen LogP contribution in [0.15, 0.2) is 0 Å². The van der Waals surface area contributed by atoms with E-state index in [2.05, 4.69) is 13.8 Å². The van der Waals surface area contributed by atoms with Crippen LogP contribution in [0.3, 0.4) is 0 Å². The molecule has 1 N–H and O–H groups in total. The molecule has 0 saturated heterocycles. The lowest BCUT2D eigenvalue weighted by atomic mass is 10.0. The fraction of sp³-hybridized carbons (Fsp3) is 0.948. The smallest absolute Gasteiger partial charge is 0.361 e. The van der Waals surface area contributed by atoms with E-state index in [4.69, 9.17) is 18.9 Å². The highest BCUT2D eigenvalue weighted by atomic mass is 16.7. The van der Waals surface area contributed by atoms with Crippen LogP contribution >= 0.6 is 0 Å². The molecule has 2 unspecified atom stereocenters. The van der Waals surface area contributed by atoms with E-state index < -0.39 is 18.4 Å². The Morgan fingerprint density at radius 1 is 0.388 bits per heavy atom. The van der Waals surface area contributed by atoms with Crippen LogP contribution in [0, 0.1) is 0 Å². The monoisotopic (exact) mass is 953 g/mol. The second-order valence-corrected chi connectivity index (χ2v) is 21.3. The summed E-state index contributed by atoms with van der Waals surface area (Å²) in [4.78, 5) is 37.0. The summed E-state index contributed by atoms with van der Waals surface area (Å²) >= 11 is 0. The Kier molecular flexibility index (Phi) is 49.4. The van der Waals surface area contributed by atoms with Gasteiger partial charge in [0.2, 0.25) is 0 Å². The second kappa shape index (κ2) is 50.7. The van der Waals surface area contributed by atoms with Crippen LogP contribution in [0.5, 0.6) is 0 Å². The van der Waals surface area contributed by atoms with Crippen LogP contribution in [0.4, 0.5) is 0 Å². The molecule has 0 amide bonds. The molecule has 67 heavy (non-hydrogen) atoms. The van der Waals surface area contributed by atoms with Gasteiger partial charge in [0.15, 0.2) is 6.10 Å². The van der Waals surface area contributed by atoms with Crippen molar-refractivity contribution in [3.05, 3.63) is 0 Å². The Balaban J connectivity index is 3.84. The lowest BCUT2D eigenvalue weighted by Crippen LogP contribution is -2.40. The van der Waals surface area contributed by atoms with E-state index >= 15 is 0 Å². The maximum atomic E-state index is 12.8. The summed E-state index contributed by atoms with van der Waals surface area (Å²) in [5, 5.41) is 9.64. The van der Waals surface area contributed by atoms with Gasteiger partial charge >= 0.3 is 17.9 Å². The van der Waals surface area contributed by atoms with Crippen molar-refractivity contribution >= 4 is 17.9 Å². The number of hydrogen-bond donors (Lipinski definition) is 1. The van der Waals surface area contributed by atoms with E-state index in [1.54, 1.807) is 0 Å². The molecule has 9 nitrogen and oxygen atoms in total. The Morgan fingerprint density at radius 2 is 0.672 bits per heavy atom. The Bertz CT molecular complexity index is 1060. The third-order valence-corrected chi connectivity index (χ3v) is 13.4. The largest absolute Gasteiger partial charge is 0.477 e. The molecule has 0 aliphatic heterocycles. The van der Waals surface area contributed by atoms with Gasteiger partial charge in [-0.25, -0.2) is 4.79 Å². The van der Waals surface area contributed by atoms with Crippen LogP contribution in [-0.2, 0) is 33.3 Å². The molecule has 0 rings (SSSR count). The van der Waals surface area contributed by atoms with Crippen molar-refractivity contribution in [3.63, 3.8) is 0 Å². The van der Waals surface area contributed by atoms with Gasteiger partial charge in [-0.2, -0.15) is 0 Å². The summed E-state index contributed by atoms with van der Waals surface area (Å²) in [6.45, 7) is 4.87. The van der Waals surface area contributed by atoms with E-state index in [1.165, 1.54) is 231 Å². The predicted octanol–water partition coefficient (Wildman–Crippen LogP) is 16.8. The van der Waals surface area contributed by atoms with Gasteiger partial charge in [0.25, 0.3) is 6.29 Å². The molecule has 0 bridgehead atoms. The number of rotatable bonds is 55. The highest BCUT2D eigenvalue weighted by molar-refractivity contribution is 5.71. The molecule has 0 aliphatic carbocycles. The molecule has 398 valence electrons. The quantitative estimate of drug-likeness (QED) is 0.0278. The standard InChI is InChI=1S/C58H113NO8/c1-6-8-10-12-14-15-16-17-18-19-20-21-22-23-24-25-26-27-28-29-30-31-32-33-34-35-36-37-38-39-40-41-43-45-47-49-56(61)67-54(52-65-55(60)48-46-44-42-13-11-9-7-2)53-66-58(57(62)63)64-51-50-59(3,4)5/h54,58H,6-53H2,1-5H3/p+1. The van der Waals surface area contributed by atoms with Crippen LogP contribution in [0.25, 0.3) is 0 Å². The molecule has 0 aromatic heterocycles. The number of aliphatic carboxylic acids is 1. The maximum Gasteiger partial charge on any atom is 0.361 e. The second-order valence-electron chi connectivity index (χ2n) is 21.3. The summed E-state index contributed by atoms with van der Waals surface area (Å²) in [7, 11) is 5.97. The van der Waals surface area contributed by atoms with Gasteiger partial charge in [-0.05, 0) is 12.8 Å². The average Bonchev–Trinajstić information content (AvgIpc) is 3.29. The van der Waals surface area contributed by atoms with Crippen molar-refractivity contribution in [2.75, 3.05) is 47.5 Å². The number of carbonyl (C=O) groups excluding carboxylic acids is 2. The highest BCUT2D eigenvalue weighted by Crippen LogP contribution is 2.18. The minimum absolute atomic E-state index is 0.175. The zero-order chi connectivity index (χ0) is 49.2. The van der Waals surface area contributed by atoms with E-state index in [1.807, 2.05) is 21.1 Å². The molecule has 2 atom stereocenters. The normalized spacial score (nSPS) is 12.7. The van der Waals surface area contributed by atoms with E-state index in [0.29, 0.717) is 17.4 Å². The van der Waals surface area contributed by atoms with Crippen molar-refractivity contribution in [2.45, 2.75) is 309 Å². The highest BCUT2D eigenvalue weighted by Gasteiger charge is 2.25. The molecule has 0 aliphatic rings. The summed E-state index contributed by atoms with van der Waals surface area (Å²) in [5.74, 6) is -1.99. The number of carboxylic acid groups (broad SMARTS) is 1. The number of hydrogen-bond acceptors (Lipinski definition) is 7. The Morgan fingerprint density at radius 3 is 0.955 bits per heavy atom.